The number of hydrogen-bond acceptors (Lipinski definition) is 6. The summed E-state index contributed by atoms with van der Waals surface area (Å²) in [7, 11) is 0. The number of ether oxygens (including phenoxy) is 3. The van der Waals surface area contributed by atoms with Gasteiger partial charge >= 0.3 is 0 Å². The maximum Gasteiger partial charge on any atom is 0.262 e. The van der Waals surface area contributed by atoms with Crippen molar-refractivity contribution >= 4 is 22.6 Å². The first-order valence-electron chi connectivity index (χ1n) is 10.0. The van der Waals surface area contributed by atoms with Gasteiger partial charge < -0.3 is 23.9 Å². The van der Waals surface area contributed by atoms with Gasteiger partial charge in [0.15, 0.2) is 18.1 Å². The first-order valence-corrected chi connectivity index (χ1v) is 10.0. The van der Waals surface area contributed by atoms with Gasteiger partial charge in [-0.25, -0.2) is 0 Å². The minimum Gasteiger partial charge on any atom is -0.484 e. The zero-order valence-corrected chi connectivity index (χ0v) is 17.2. The van der Waals surface area contributed by atoms with Crippen molar-refractivity contribution in [2.45, 2.75) is 6.92 Å². The van der Waals surface area contributed by atoms with E-state index in [4.69, 9.17) is 18.6 Å². The molecule has 3 aromatic carbocycles. The highest BCUT2D eigenvalue weighted by Gasteiger charge is 2.16. The molecule has 7 heteroatoms. The fraction of sp³-hybridized carbons (Fsp3) is 0.120. The molecule has 0 aliphatic carbocycles. The van der Waals surface area contributed by atoms with Crippen LogP contribution in [-0.2, 0) is 4.79 Å². The number of hydrogen-bond donors (Lipinski definition) is 1. The number of aryl methyl sites for hydroxylation is 1. The van der Waals surface area contributed by atoms with Crippen molar-refractivity contribution in [3.63, 3.8) is 0 Å². The van der Waals surface area contributed by atoms with E-state index in [1.54, 1.807) is 43.3 Å². The number of rotatable bonds is 5. The van der Waals surface area contributed by atoms with Crippen molar-refractivity contribution in [1.29, 1.82) is 0 Å². The van der Waals surface area contributed by atoms with Crippen molar-refractivity contribution in [3.05, 3.63) is 82.7 Å². The topological polar surface area (TPSA) is 87.0 Å². The molecule has 1 aliphatic rings. The number of nitrogens with one attached hydrogen (secondary N) is 1. The molecule has 1 aliphatic heterocycles. The van der Waals surface area contributed by atoms with Crippen LogP contribution < -0.4 is 25.0 Å². The van der Waals surface area contributed by atoms with Crippen molar-refractivity contribution < 1.29 is 23.4 Å². The Hall–Kier alpha value is -4.26. The molecule has 0 fully saturated rings. The second-order valence-electron chi connectivity index (χ2n) is 7.29. The number of benzene rings is 3. The SMILES string of the molecule is Cc1oc2cc(OCC(=O)Nc3ccc4c(c3)OCO4)ccc2c(=O)c1-c1ccccc1. The molecule has 4 aromatic rings. The molecular weight excluding hydrogens is 410 g/mol. The van der Waals surface area contributed by atoms with Gasteiger partial charge in [0.2, 0.25) is 12.2 Å². The molecular formula is C25H19NO6. The largest absolute Gasteiger partial charge is 0.484 e. The van der Waals surface area contributed by atoms with Crippen LogP contribution in [-0.4, -0.2) is 19.3 Å². The summed E-state index contributed by atoms with van der Waals surface area (Å²) in [5.74, 6) is 1.84. The Morgan fingerprint density at radius 2 is 1.81 bits per heavy atom. The maximum atomic E-state index is 13.0. The van der Waals surface area contributed by atoms with Gasteiger partial charge in [0.05, 0.1) is 10.9 Å². The second kappa shape index (κ2) is 8.11. The molecule has 1 amide bonds. The van der Waals surface area contributed by atoms with E-state index in [0.717, 1.165) is 5.56 Å². The lowest BCUT2D eigenvalue weighted by molar-refractivity contribution is -0.118. The van der Waals surface area contributed by atoms with Gasteiger partial charge in [-0.1, -0.05) is 30.3 Å². The average molecular weight is 429 g/mol. The average Bonchev–Trinajstić information content (AvgIpc) is 3.26. The second-order valence-corrected chi connectivity index (χ2v) is 7.29. The Kier molecular flexibility index (Phi) is 4.99. The molecule has 0 bridgehead atoms. The Morgan fingerprint density at radius 3 is 2.66 bits per heavy atom. The van der Waals surface area contributed by atoms with Crippen LogP contribution in [0.3, 0.4) is 0 Å². The van der Waals surface area contributed by atoms with Gasteiger partial charge in [-0.2, -0.15) is 0 Å². The molecule has 160 valence electrons. The van der Waals surface area contributed by atoms with E-state index < -0.39 is 0 Å². The molecule has 32 heavy (non-hydrogen) atoms. The van der Waals surface area contributed by atoms with Crippen LogP contribution in [0.5, 0.6) is 17.2 Å². The van der Waals surface area contributed by atoms with Crippen LogP contribution in [0.1, 0.15) is 5.76 Å². The highest BCUT2D eigenvalue weighted by atomic mass is 16.7. The number of carbonyl (C=O) groups is 1. The molecule has 5 rings (SSSR count). The van der Waals surface area contributed by atoms with Crippen LogP contribution >= 0.6 is 0 Å². The van der Waals surface area contributed by atoms with Crippen LogP contribution in [0.2, 0.25) is 0 Å². The first kappa shape index (κ1) is 19.7. The summed E-state index contributed by atoms with van der Waals surface area (Å²) in [6, 6.07) is 19.5. The molecule has 0 unspecified atom stereocenters. The van der Waals surface area contributed by atoms with E-state index >= 15 is 0 Å². The quantitative estimate of drug-likeness (QED) is 0.502. The predicted octanol–water partition coefficient (Wildman–Crippen LogP) is 4.51. The minimum atomic E-state index is -0.332. The lowest BCUT2D eigenvalue weighted by atomic mass is 10.0. The van der Waals surface area contributed by atoms with E-state index in [1.165, 1.54) is 0 Å². The molecule has 0 saturated carbocycles. The van der Waals surface area contributed by atoms with Crippen LogP contribution in [0.25, 0.3) is 22.1 Å². The van der Waals surface area contributed by atoms with Gasteiger partial charge in [0.25, 0.3) is 5.91 Å². The molecule has 0 atom stereocenters. The van der Waals surface area contributed by atoms with Crippen molar-refractivity contribution in [2.75, 3.05) is 18.7 Å². The van der Waals surface area contributed by atoms with Gasteiger partial charge in [-0.05, 0) is 36.8 Å². The molecule has 1 aromatic heterocycles. The molecule has 7 nitrogen and oxygen atoms in total. The number of carbonyl (C=O) groups excluding carboxylic acids is 1. The fourth-order valence-corrected chi connectivity index (χ4v) is 3.63. The van der Waals surface area contributed by atoms with Gasteiger partial charge in [0, 0.05) is 17.8 Å². The molecule has 0 spiro atoms. The van der Waals surface area contributed by atoms with Crippen LogP contribution in [0.4, 0.5) is 5.69 Å². The van der Waals surface area contributed by atoms with Gasteiger partial charge in [0.1, 0.15) is 17.1 Å². The highest BCUT2D eigenvalue weighted by molar-refractivity contribution is 5.92. The van der Waals surface area contributed by atoms with E-state index in [1.807, 2.05) is 30.3 Å². The van der Waals surface area contributed by atoms with Crippen LogP contribution in [0, 0.1) is 6.92 Å². The summed E-state index contributed by atoms with van der Waals surface area (Å²) in [4.78, 5) is 25.3. The lowest BCUT2D eigenvalue weighted by Crippen LogP contribution is -2.20. The zero-order chi connectivity index (χ0) is 22.1. The summed E-state index contributed by atoms with van der Waals surface area (Å²) in [5.41, 5.74) is 2.22. The Balaban J connectivity index is 1.32. The predicted molar refractivity (Wildman–Crippen MR) is 119 cm³/mol. The van der Waals surface area contributed by atoms with E-state index in [9.17, 15) is 9.59 Å². The van der Waals surface area contributed by atoms with Crippen molar-refractivity contribution in [2.24, 2.45) is 0 Å². The van der Waals surface area contributed by atoms with Crippen molar-refractivity contribution in [3.8, 4) is 28.4 Å². The molecule has 1 N–H and O–H groups in total. The summed E-state index contributed by atoms with van der Waals surface area (Å²) in [5, 5.41) is 3.20. The fourth-order valence-electron chi connectivity index (χ4n) is 3.63. The zero-order valence-electron chi connectivity index (χ0n) is 17.2. The van der Waals surface area contributed by atoms with E-state index in [0.29, 0.717) is 45.2 Å². The van der Waals surface area contributed by atoms with Crippen LogP contribution in [0.15, 0.2) is 75.9 Å². The summed E-state index contributed by atoms with van der Waals surface area (Å²) in [6.07, 6.45) is 0. The monoisotopic (exact) mass is 429 g/mol. The third-order valence-corrected chi connectivity index (χ3v) is 5.13. The standard InChI is InChI=1S/C25H19NO6/c1-15-24(16-5-3-2-4-6-16)25(28)19-9-8-18(12-21(19)32-15)29-13-23(27)26-17-7-10-20-22(11-17)31-14-30-20/h2-12H,13-14H2,1H3,(H,26,27). The Morgan fingerprint density at radius 1 is 1.00 bits per heavy atom. The minimum absolute atomic E-state index is 0.109. The van der Waals surface area contributed by atoms with Gasteiger partial charge in [-0.3, -0.25) is 9.59 Å². The molecule has 0 radical (unpaired) electrons. The third-order valence-electron chi connectivity index (χ3n) is 5.13. The molecule has 0 saturated heterocycles. The summed E-state index contributed by atoms with van der Waals surface area (Å²) < 4.78 is 22.1. The van der Waals surface area contributed by atoms with Crippen molar-refractivity contribution in [1.82, 2.24) is 0 Å². The summed E-state index contributed by atoms with van der Waals surface area (Å²) in [6.45, 7) is 1.72. The Bertz CT molecular complexity index is 1380. The lowest BCUT2D eigenvalue weighted by Gasteiger charge is -2.10. The third kappa shape index (κ3) is 3.76. The first-order chi connectivity index (χ1) is 15.6. The Labute approximate surface area is 183 Å². The number of anilines is 1. The smallest absolute Gasteiger partial charge is 0.262 e. The summed E-state index contributed by atoms with van der Waals surface area (Å²) >= 11 is 0. The number of fused-ring (bicyclic) bond motifs is 2. The molecule has 2 heterocycles. The van der Waals surface area contributed by atoms with E-state index in [2.05, 4.69) is 5.32 Å². The van der Waals surface area contributed by atoms with E-state index in [-0.39, 0.29) is 24.7 Å². The van der Waals surface area contributed by atoms with Gasteiger partial charge in [-0.15, -0.1) is 0 Å². The maximum absolute atomic E-state index is 13.0. The normalized spacial score (nSPS) is 12.0. The highest BCUT2D eigenvalue weighted by Crippen LogP contribution is 2.34. The number of amides is 1.